The van der Waals surface area contributed by atoms with E-state index in [1.54, 1.807) is 0 Å². The molecule has 3 rings (SSSR count). The Morgan fingerprint density at radius 1 is 1.00 bits per heavy atom. The number of amides is 2. The number of halogens is 2. The molecule has 0 aromatic heterocycles. The summed E-state index contributed by atoms with van der Waals surface area (Å²) < 4.78 is 5.56. The van der Waals surface area contributed by atoms with Gasteiger partial charge in [-0.15, -0.1) is 24.8 Å². The highest BCUT2D eigenvalue weighted by molar-refractivity contribution is 5.85. The minimum absolute atomic E-state index is 0. The first-order valence-corrected chi connectivity index (χ1v) is 8.79. The van der Waals surface area contributed by atoms with E-state index in [2.05, 4.69) is 10.2 Å². The number of likely N-dealkylation sites (tertiary alicyclic amines) is 1. The number of piperazine rings is 1. The normalized spacial score (nSPS) is 27.4. The summed E-state index contributed by atoms with van der Waals surface area (Å²) in [6, 6.07) is -0.235. The average molecular weight is 397 g/mol. The fourth-order valence-corrected chi connectivity index (χ4v) is 3.59. The van der Waals surface area contributed by atoms with Gasteiger partial charge in [-0.25, -0.2) is 0 Å². The number of morpholine rings is 1. The van der Waals surface area contributed by atoms with Gasteiger partial charge in [0, 0.05) is 45.8 Å². The van der Waals surface area contributed by atoms with E-state index in [-0.39, 0.29) is 48.8 Å². The third-order valence-corrected chi connectivity index (χ3v) is 5.08. The molecular weight excluding hydrogens is 367 g/mol. The van der Waals surface area contributed by atoms with Gasteiger partial charge in [-0.05, 0) is 19.8 Å². The molecule has 0 unspecified atom stereocenters. The van der Waals surface area contributed by atoms with Crippen LogP contribution in [0.1, 0.15) is 19.8 Å². The fourth-order valence-electron chi connectivity index (χ4n) is 3.59. The van der Waals surface area contributed by atoms with Gasteiger partial charge in [0.1, 0.15) is 6.04 Å². The van der Waals surface area contributed by atoms with Crippen molar-refractivity contribution in [2.24, 2.45) is 0 Å². The summed E-state index contributed by atoms with van der Waals surface area (Å²) in [5.74, 6) is 0.362. The predicted octanol–water partition coefficient (Wildman–Crippen LogP) is -0.0265. The first-order chi connectivity index (χ1) is 11.1. The molecule has 0 aromatic carbocycles. The van der Waals surface area contributed by atoms with E-state index in [0.717, 1.165) is 45.6 Å². The van der Waals surface area contributed by atoms with Gasteiger partial charge in [-0.3, -0.25) is 14.5 Å². The van der Waals surface area contributed by atoms with Crippen LogP contribution in [0.3, 0.4) is 0 Å². The Balaban J connectivity index is 0.00000156. The minimum atomic E-state index is -0.235. The fraction of sp³-hybridized carbons (Fsp3) is 0.875. The molecule has 0 radical (unpaired) electrons. The van der Waals surface area contributed by atoms with Gasteiger partial charge < -0.3 is 19.9 Å². The summed E-state index contributed by atoms with van der Waals surface area (Å²) >= 11 is 0. The Kier molecular flexibility index (Phi) is 9.45. The van der Waals surface area contributed by atoms with E-state index in [0.29, 0.717) is 26.2 Å². The van der Waals surface area contributed by atoms with Crippen molar-refractivity contribution in [1.29, 1.82) is 0 Å². The third kappa shape index (κ3) is 5.69. The highest BCUT2D eigenvalue weighted by Gasteiger charge is 2.33. The van der Waals surface area contributed by atoms with Gasteiger partial charge in [0.25, 0.3) is 0 Å². The molecule has 3 aliphatic rings. The lowest BCUT2D eigenvalue weighted by Crippen LogP contribution is -2.60. The second-order valence-corrected chi connectivity index (χ2v) is 6.70. The average Bonchev–Trinajstić information content (AvgIpc) is 3.10. The van der Waals surface area contributed by atoms with Crippen molar-refractivity contribution >= 4 is 36.6 Å². The maximum atomic E-state index is 12.6. The molecule has 7 nitrogen and oxygen atoms in total. The standard InChI is InChI=1S/C16H28N4O3.2ClH/c1-13-15(17-4-11-23-13)16(22)20-9-7-18(8-10-20)12-14(21)19-5-2-3-6-19;;/h13,15,17H,2-12H2,1H3;2*1H/t13-,15+;;/m1../s1. The molecule has 3 saturated heterocycles. The molecule has 0 bridgehead atoms. The van der Waals surface area contributed by atoms with Gasteiger partial charge in [0.15, 0.2) is 0 Å². The van der Waals surface area contributed by atoms with Gasteiger partial charge in [0.2, 0.25) is 11.8 Å². The Morgan fingerprint density at radius 2 is 1.64 bits per heavy atom. The summed E-state index contributed by atoms with van der Waals surface area (Å²) in [6.07, 6.45) is 2.18. The molecule has 3 fully saturated rings. The lowest BCUT2D eigenvalue weighted by molar-refractivity contribution is -0.141. The Hall–Kier alpha value is -0.600. The van der Waals surface area contributed by atoms with E-state index < -0.39 is 0 Å². The molecule has 9 heteroatoms. The predicted molar refractivity (Wildman–Crippen MR) is 101 cm³/mol. The number of ether oxygens (including phenoxy) is 1. The van der Waals surface area contributed by atoms with Crippen molar-refractivity contribution in [2.45, 2.75) is 31.9 Å². The molecule has 0 spiro atoms. The maximum Gasteiger partial charge on any atom is 0.242 e. The topological polar surface area (TPSA) is 65.1 Å². The summed E-state index contributed by atoms with van der Waals surface area (Å²) in [7, 11) is 0. The SMILES string of the molecule is C[C@H]1OCCN[C@@H]1C(=O)N1CCN(CC(=O)N2CCCC2)CC1.Cl.Cl. The molecule has 0 aromatic rings. The van der Waals surface area contributed by atoms with Gasteiger partial charge in [-0.1, -0.05) is 0 Å². The highest BCUT2D eigenvalue weighted by atomic mass is 35.5. The van der Waals surface area contributed by atoms with Gasteiger partial charge in [0.05, 0.1) is 19.3 Å². The quantitative estimate of drug-likeness (QED) is 0.725. The zero-order valence-electron chi connectivity index (χ0n) is 14.8. The largest absolute Gasteiger partial charge is 0.375 e. The summed E-state index contributed by atoms with van der Waals surface area (Å²) in [6.45, 7) is 8.56. The molecule has 0 saturated carbocycles. The zero-order chi connectivity index (χ0) is 16.2. The molecule has 2 atom stereocenters. The van der Waals surface area contributed by atoms with Crippen LogP contribution in [0.15, 0.2) is 0 Å². The summed E-state index contributed by atoms with van der Waals surface area (Å²) in [4.78, 5) is 30.8. The van der Waals surface area contributed by atoms with Crippen molar-refractivity contribution in [3.8, 4) is 0 Å². The van der Waals surface area contributed by atoms with Crippen LogP contribution >= 0.6 is 24.8 Å². The number of rotatable bonds is 3. The van der Waals surface area contributed by atoms with Crippen LogP contribution in [0.4, 0.5) is 0 Å². The highest BCUT2D eigenvalue weighted by Crippen LogP contribution is 2.12. The molecule has 0 aliphatic carbocycles. The van der Waals surface area contributed by atoms with Gasteiger partial charge >= 0.3 is 0 Å². The van der Waals surface area contributed by atoms with Crippen LogP contribution < -0.4 is 5.32 Å². The lowest BCUT2D eigenvalue weighted by atomic mass is 10.1. The number of nitrogens with one attached hydrogen (secondary N) is 1. The lowest BCUT2D eigenvalue weighted by Gasteiger charge is -2.38. The molecule has 25 heavy (non-hydrogen) atoms. The van der Waals surface area contributed by atoms with Crippen LogP contribution in [0, 0.1) is 0 Å². The first-order valence-electron chi connectivity index (χ1n) is 8.79. The first kappa shape index (κ1) is 22.4. The molecule has 2 amide bonds. The number of hydrogen-bond acceptors (Lipinski definition) is 5. The summed E-state index contributed by atoms with van der Waals surface area (Å²) in [5.41, 5.74) is 0. The monoisotopic (exact) mass is 396 g/mol. The molecule has 146 valence electrons. The number of hydrogen-bond donors (Lipinski definition) is 1. The zero-order valence-corrected chi connectivity index (χ0v) is 16.4. The second kappa shape index (κ2) is 10.5. The van der Waals surface area contributed by atoms with Crippen molar-refractivity contribution in [3.63, 3.8) is 0 Å². The van der Waals surface area contributed by atoms with E-state index in [1.165, 1.54) is 0 Å². The van der Waals surface area contributed by atoms with Crippen LogP contribution in [0.25, 0.3) is 0 Å². The second-order valence-electron chi connectivity index (χ2n) is 6.70. The van der Waals surface area contributed by atoms with Crippen LogP contribution in [-0.2, 0) is 14.3 Å². The van der Waals surface area contributed by atoms with Crippen LogP contribution in [-0.4, -0.2) is 97.6 Å². The van der Waals surface area contributed by atoms with E-state index in [1.807, 2.05) is 16.7 Å². The van der Waals surface area contributed by atoms with E-state index in [4.69, 9.17) is 4.74 Å². The number of nitrogens with zero attached hydrogens (tertiary/aromatic N) is 3. The molecule has 1 N–H and O–H groups in total. The maximum absolute atomic E-state index is 12.6. The Morgan fingerprint density at radius 3 is 2.24 bits per heavy atom. The smallest absolute Gasteiger partial charge is 0.242 e. The van der Waals surface area contributed by atoms with Crippen LogP contribution in [0.2, 0.25) is 0 Å². The minimum Gasteiger partial charge on any atom is -0.375 e. The molecule has 3 aliphatic heterocycles. The summed E-state index contributed by atoms with van der Waals surface area (Å²) in [5, 5.41) is 3.26. The van der Waals surface area contributed by atoms with Crippen molar-refractivity contribution < 1.29 is 14.3 Å². The number of carbonyl (C=O) groups is 2. The van der Waals surface area contributed by atoms with E-state index >= 15 is 0 Å². The number of carbonyl (C=O) groups excluding carboxylic acids is 2. The Labute approximate surface area is 162 Å². The van der Waals surface area contributed by atoms with Gasteiger partial charge in [-0.2, -0.15) is 0 Å². The molecular formula is C16H30Cl2N4O3. The van der Waals surface area contributed by atoms with Crippen molar-refractivity contribution in [1.82, 2.24) is 20.0 Å². The van der Waals surface area contributed by atoms with Crippen molar-refractivity contribution in [2.75, 3.05) is 59.0 Å². The van der Waals surface area contributed by atoms with Crippen LogP contribution in [0.5, 0.6) is 0 Å². The van der Waals surface area contributed by atoms with E-state index in [9.17, 15) is 9.59 Å². The molecule has 3 heterocycles. The Bertz CT molecular complexity index is 441. The third-order valence-electron chi connectivity index (χ3n) is 5.08. The van der Waals surface area contributed by atoms with Crippen molar-refractivity contribution in [3.05, 3.63) is 0 Å².